The van der Waals surface area contributed by atoms with Gasteiger partial charge in [0.15, 0.2) is 0 Å². The highest BCUT2D eigenvalue weighted by molar-refractivity contribution is 7.99. The smallest absolute Gasteiger partial charge is 0.234 e. The summed E-state index contributed by atoms with van der Waals surface area (Å²) in [5.74, 6) is 0.166. The Kier molecular flexibility index (Phi) is 5.00. The fourth-order valence-electron chi connectivity index (χ4n) is 2.00. The van der Waals surface area contributed by atoms with Crippen LogP contribution in [-0.4, -0.2) is 31.9 Å². The van der Waals surface area contributed by atoms with E-state index in [0.29, 0.717) is 11.7 Å². The second-order valence-electron chi connectivity index (χ2n) is 4.81. The summed E-state index contributed by atoms with van der Waals surface area (Å²) in [6, 6.07) is 19.3. The lowest BCUT2D eigenvalue weighted by Crippen LogP contribution is -2.14. The summed E-state index contributed by atoms with van der Waals surface area (Å²) in [7, 11) is 0. The maximum absolute atomic E-state index is 12.0. The Hall–Kier alpha value is -2.67. The average molecular weight is 325 g/mol. The largest absolute Gasteiger partial charge is 0.325 e. The minimum Gasteiger partial charge on any atom is -0.325 e. The quantitative estimate of drug-likeness (QED) is 0.705. The molecule has 0 spiro atoms. The molecule has 2 aromatic carbocycles. The van der Waals surface area contributed by atoms with Gasteiger partial charge >= 0.3 is 0 Å². The summed E-state index contributed by atoms with van der Waals surface area (Å²) in [6.45, 7) is 0.580. The summed E-state index contributed by atoms with van der Waals surface area (Å²) in [4.78, 5) is 12.0. The molecule has 0 bridgehead atoms. The maximum Gasteiger partial charge on any atom is 0.234 e. The first-order valence-corrected chi connectivity index (χ1v) is 8.07. The van der Waals surface area contributed by atoms with Crippen LogP contribution in [0.3, 0.4) is 0 Å². The maximum atomic E-state index is 12.0. The molecule has 23 heavy (non-hydrogen) atoms. The Balaban J connectivity index is 1.57. The van der Waals surface area contributed by atoms with Crippen LogP contribution in [0.15, 0.2) is 65.8 Å². The van der Waals surface area contributed by atoms with Gasteiger partial charge in [0.05, 0.1) is 12.3 Å². The number of para-hydroxylation sites is 1. The predicted molar refractivity (Wildman–Crippen MR) is 89.2 cm³/mol. The van der Waals surface area contributed by atoms with Crippen molar-refractivity contribution in [1.29, 1.82) is 0 Å². The normalized spacial score (nSPS) is 10.4. The van der Waals surface area contributed by atoms with Crippen molar-refractivity contribution < 1.29 is 4.79 Å². The molecule has 0 radical (unpaired) electrons. The molecule has 1 N–H and O–H groups in total. The molecule has 0 aliphatic rings. The Morgan fingerprint density at radius 3 is 2.48 bits per heavy atom. The number of aromatic nitrogens is 4. The van der Waals surface area contributed by atoms with Gasteiger partial charge in [-0.2, -0.15) is 0 Å². The molecule has 0 fully saturated rings. The van der Waals surface area contributed by atoms with Gasteiger partial charge < -0.3 is 5.32 Å². The summed E-state index contributed by atoms with van der Waals surface area (Å²) in [5.41, 5.74) is 1.89. The fraction of sp³-hybridized carbons (Fsp3) is 0.125. The topological polar surface area (TPSA) is 72.7 Å². The van der Waals surface area contributed by atoms with E-state index in [-0.39, 0.29) is 11.7 Å². The van der Waals surface area contributed by atoms with Crippen molar-refractivity contribution in [3.8, 4) is 0 Å². The van der Waals surface area contributed by atoms with Crippen molar-refractivity contribution in [3.05, 3.63) is 66.2 Å². The second-order valence-corrected chi connectivity index (χ2v) is 5.75. The molecule has 0 saturated carbocycles. The van der Waals surface area contributed by atoms with Crippen LogP contribution in [0.25, 0.3) is 0 Å². The van der Waals surface area contributed by atoms with Gasteiger partial charge in [0, 0.05) is 5.69 Å². The number of carbonyl (C=O) groups is 1. The van der Waals surface area contributed by atoms with Crippen molar-refractivity contribution in [1.82, 2.24) is 20.2 Å². The minimum absolute atomic E-state index is 0.0875. The van der Waals surface area contributed by atoms with Crippen LogP contribution in [0.5, 0.6) is 0 Å². The molecule has 7 heteroatoms. The molecule has 3 rings (SSSR count). The third-order valence-electron chi connectivity index (χ3n) is 3.06. The molecule has 0 aliphatic carbocycles. The van der Waals surface area contributed by atoms with Gasteiger partial charge in [0.1, 0.15) is 0 Å². The molecule has 0 unspecified atom stereocenters. The Bertz CT molecular complexity index is 760. The van der Waals surface area contributed by atoms with Gasteiger partial charge in [-0.15, -0.1) is 5.10 Å². The van der Waals surface area contributed by atoms with Gasteiger partial charge in [0.2, 0.25) is 11.1 Å². The van der Waals surface area contributed by atoms with Crippen LogP contribution in [0, 0.1) is 0 Å². The van der Waals surface area contributed by atoms with E-state index in [1.54, 1.807) is 4.68 Å². The van der Waals surface area contributed by atoms with E-state index in [2.05, 4.69) is 20.8 Å². The van der Waals surface area contributed by atoms with Crippen LogP contribution in [0.2, 0.25) is 0 Å². The predicted octanol–water partition coefficient (Wildman–Crippen LogP) is 2.45. The minimum atomic E-state index is -0.0875. The molecule has 1 aromatic heterocycles. The first kappa shape index (κ1) is 15.2. The van der Waals surface area contributed by atoms with Crippen molar-refractivity contribution >= 4 is 23.4 Å². The van der Waals surface area contributed by atoms with Crippen LogP contribution in [-0.2, 0) is 11.3 Å². The summed E-state index contributed by atoms with van der Waals surface area (Å²) in [5, 5.41) is 15.1. The number of thioether (sulfide) groups is 1. The van der Waals surface area contributed by atoms with E-state index in [1.807, 2.05) is 60.7 Å². The van der Waals surface area contributed by atoms with E-state index in [4.69, 9.17) is 0 Å². The van der Waals surface area contributed by atoms with E-state index < -0.39 is 0 Å². The van der Waals surface area contributed by atoms with E-state index in [9.17, 15) is 4.79 Å². The lowest BCUT2D eigenvalue weighted by Gasteiger charge is -2.05. The molecule has 0 atom stereocenters. The number of rotatable bonds is 6. The van der Waals surface area contributed by atoms with Gasteiger partial charge in [-0.1, -0.05) is 60.3 Å². The molecule has 1 amide bonds. The van der Waals surface area contributed by atoms with Crippen molar-refractivity contribution in [3.63, 3.8) is 0 Å². The van der Waals surface area contributed by atoms with Crippen molar-refractivity contribution in [2.24, 2.45) is 0 Å². The molecule has 1 heterocycles. The van der Waals surface area contributed by atoms with Crippen LogP contribution in [0.1, 0.15) is 5.56 Å². The average Bonchev–Trinajstić information content (AvgIpc) is 3.02. The molecular formula is C16H15N5OS. The zero-order valence-corrected chi connectivity index (χ0v) is 13.1. The number of carbonyl (C=O) groups excluding carboxylic acids is 1. The summed E-state index contributed by atoms with van der Waals surface area (Å²) >= 11 is 1.32. The monoisotopic (exact) mass is 325 g/mol. The highest BCUT2D eigenvalue weighted by Crippen LogP contribution is 2.15. The molecule has 116 valence electrons. The van der Waals surface area contributed by atoms with E-state index in [0.717, 1.165) is 11.3 Å². The first-order valence-electron chi connectivity index (χ1n) is 7.09. The molecule has 0 aliphatic heterocycles. The molecular weight excluding hydrogens is 310 g/mol. The second kappa shape index (κ2) is 7.55. The number of hydrogen-bond acceptors (Lipinski definition) is 5. The molecule has 0 saturated heterocycles. The van der Waals surface area contributed by atoms with Gasteiger partial charge in [-0.25, -0.2) is 4.68 Å². The summed E-state index contributed by atoms with van der Waals surface area (Å²) in [6.07, 6.45) is 0. The number of tetrazole rings is 1. The third kappa shape index (κ3) is 4.40. The van der Waals surface area contributed by atoms with Crippen LogP contribution < -0.4 is 5.32 Å². The Labute approximate surface area is 137 Å². The lowest BCUT2D eigenvalue weighted by atomic mass is 10.2. The van der Waals surface area contributed by atoms with Gasteiger partial charge in [-0.3, -0.25) is 4.79 Å². The highest BCUT2D eigenvalue weighted by atomic mass is 32.2. The number of nitrogens with zero attached hydrogens (tertiary/aromatic N) is 4. The zero-order chi connectivity index (χ0) is 15.9. The standard InChI is InChI=1S/C16H15N5OS/c22-15(17-14-9-5-2-6-10-14)12-23-16-18-19-20-21(16)11-13-7-3-1-4-8-13/h1-10H,11-12H2,(H,17,22). The highest BCUT2D eigenvalue weighted by Gasteiger charge is 2.10. The lowest BCUT2D eigenvalue weighted by molar-refractivity contribution is -0.113. The Morgan fingerprint density at radius 2 is 1.74 bits per heavy atom. The number of nitrogens with one attached hydrogen (secondary N) is 1. The number of hydrogen-bond donors (Lipinski definition) is 1. The number of benzene rings is 2. The SMILES string of the molecule is O=C(CSc1nnnn1Cc1ccccc1)Nc1ccccc1. The zero-order valence-electron chi connectivity index (χ0n) is 12.3. The van der Waals surface area contributed by atoms with Crippen LogP contribution >= 0.6 is 11.8 Å². The van der Waals surface area contributed by atoms with Gasteiger partial charge in [0.25, 0.3) is 0 Å². The summed E-state index contributed by atoms with van der Waals surface area (Å²) < 4.78 is 1.69. The number of amides is 1. The van der Waals surface area contributed by atoms with Crippen LogP contribution in [0.4, 0.5) is 5.69 Å². The van der Waals surface area contributed by atoms with Crippen molar-refractivity contribution in [2.45, 2.75) is 11.7 Å². The molecule has 6 nitrogen and oxygen atoms in total. The first-order chi connectivity index (χ1) is 11.3. The fourth-order valence-corrected chi connectivity index (χ4v) is 2.68. The third-order valence-corrected chi connectivity index (χ3v) is 4.02. The van der Waals surface area contributed by atoms with Gasteiger partial charge in [-0.05, 0) is 28.1 Å². The Morgan fingerprint density at radius 1 is 1.04 bits per heavy atom. The van der Waals surface area contributed by atoms with Crippen molar-refractivity contribution in [2.75, 3.05) is 11.1 Å². The number of anilines is 1. The van der Waals surface area contributed by atoms with E-state index in [1.165, 1.54) is 11.8 Å². The molecule has 3 aromatic rings. The van der Waals surface area contributed by atoms with E-state index >= 15 is 0 Å².